The van der Waals surface area contributed by atoms with Crippen molar-refractivity contribution in [3.05, 3.63) is 0 Å². The van der Waals surface area contributed by atoms with Crippen molar-refractivity contribution in [3.63, 3.8) is 0 Å². The maximum absolute atomic E-state index is 11.5. The number of esters is 1. The van der Waals surface area contributed by atoms with Gasteiger partial charge >= 0.3 is 18.0 Å². The van der Waals surface area contributed by atoms with E-state index in [9.17, 15) is 14.4 Å². The minimum Gasteiger partial charge on any atom is -0.481 e. The molecule has 2 N–H and O–H groups in total. The van der Waals surface area contributed by atoms with Gasteiger partial charge in [-0.1, -0.05) is 6.92 Å². The summed E-state index contributed by atoms with van der Waals surface area (Å²) in [5, 5.41) is 11.2. The van der Waals surface area contributed by atoms with Crippen molar-refractivity contribution < 1.29 is 24.2 Å². The van der Waals surface area contributed by atoms with Gasteiger partial charge < -0.3 is 20.1 Å². The van der Waals surface area contributed by atoms with Crippen LogP contribution in [-0.4, -0.2) is 55.2 Å². The smallest absolute Gasteiger partial charge is 0.317 e. The predicted octanol–water partition coefficient (Wildman–Crippen LogP) is 0.302. The summed E-state index contributed by atoms with van der Waals surface area (Å²) < 4.78 is 4.46. The average Bonchev–Trinajstić information content (AvgIpc) is 2.34. The van der Waals surface area contributed by atoms with E-state index in [1.807, 2.05) is 0 Å². The van der Waals surface area contributed by atoms with Crippen LogP contribution in [0.1, 0.15) is 19.8 Å². The SMILES string of the molecule is COC(=O)CCN(C)C(=O)NCCC(C)C(=O)O. The Labute approximate surface area is 106 Å². The minimum absolute atomic E-state index is 0.131. The highest BCUT2D eigenvalue weighted by Gasteiger charge is 2.13. The molecule has 0 aromatic carbocycles. The van der Waals surface area contributed by atoms with Crippen LogP contribution in [0.3, 0.4) is 0 Å². The number of carboxylic acid groups (broad SMARTS) is 1. The minimum atomic E-state index is -0.886. The van der Waals surface area contributed by atoms with Gasteiger partial charge in [-0.2, -0.15) is 0 Å². The third-order valence-electron chi connectivity index (χ3n) is 2.50. The maximum Gasteiger partial charge on any atom is 0.317 e. The lowest BCUT2D eigenvalue weighted by Gasteiger charge is -2.17. The highest BCUT2D eigenvalue weighted by Crippen LogP contribution is 2.00. The number of carboxylic acids is 1. The summed E-state index contributed by atoms with van der Waals surface area (Å²) in [4.78, 5) is 34.3. The Balaban J connectivity index is 3.81. The highest BCUT2D eigenvalue weighted by atomic mass is 16.5. The van der Waals surface area contributed by atoms with E-state index in [0.29, 0.717) is 6.42 Å². The first-order valence-electron chi connectivity index (χ1n) is 5.67. The standard InChI is InChI=1S/C11H20N2O5/c1-8(10(15)16)4-6-12-11(17)13(2)7-5-9(14)18-3/h8H,4-7H2,1-3H3,(H,12,17)(H,15,16). The molecule has 0 aromatic heterocycles. The molecule has 0 bridgehead atoms. The molecule has 0 saturated heterocycles. The van der Waals surface area contributed by atoms with Crippen LogP contribution in [0, 0.1) is 5.92 Å². The number of nitrogens with one attached hydrogen (secondary N) is 1. The van der Waals surface area contributed by atoms with Gasteiger partial charge in [-0.3, -0.25) is 9.59 Å². The number of amides is 2. The second kappa shape index (κ2) is 8.32. The molecule has 0 saturated carbocycles. The zero-order chi connectivity index (χ0) is 14.1. The number of methoxy groups -OCH3 is 1. The Morgan fingerprint density at radius 3 is 2.50 bits per heavy atom. The molecule has 0 aliphatic carbocycles. The van der Waals surface area contributed by atoms with Gasteiger partial charge in [-0.05, 0) is 6.42 Å². The van der Waals surface area contributed by atoms with E-state index in [1.54, 1.807) is 14.0 Å². The van der Waals surface area contributed by atoms with Crippen molar-refractivity contribution in [2.75, 3.05) is 27.2 Å². The Morgan fingerprint density at radius 2 is 2.00 bits per heavy atom. The largest absolute Gasteiger partial charge is 0.481 e. The summed E-state index contributed by atoms with van der Waals surface area (Å²) in [6.07, 6.45) is 0.498. The zero-order valence-electron chi connectivity index (χ0n) is 10.9. The zero-order valence-corrected chi connectivity index (χ0v) is 10.9. The maximum atomic E-state index is 11.5. The van der Waals surface area contributed by atoms with Crippen molar-refractivity contribution >= 4 is 18.0 Å². The molecule has 2 amide bonds. The molecule has 0 aliphatic heterocycles. The monoisotopic (exact) mass is 260 g/mol. The number of rotatable bonds is 7. The van der Waals surface area contributed by atoms with E-state index in [1.165, 1.54) is 12.0 Å². The topological polar surface area (TPSA) is 95.9 Å². The molecule has 7 nitrogen and oxygen atoms in total. The Morgan fingerprint density at radius 1 is 1.39 bits per heavy atom. The summed E-state index contributed by atoms with van der Waals surface area (Å²) >= 11 is 0. The van der Waals surface area contributed by atoms with Crippen LogP contribution in [0.2, 0.25) is 0 Å². The van der Waals surface area contributed by atoms with E-state index >= 15 is 0 Å². The van der Waals surface area contributed by atoms with Crippen molar-refractivity contribution in [1.82, 2.24) is 10.2 Å². The predicted molar refractivity (Wildman–Crippen MR) is 64.1 cm³/mol. The molecule has 18 heavy (non-hydrogen) atoms. The van der Waals surface area contributed by atoms with Crippen LogP contribution in [0.25, 0.3) is 0 Å². The van der Waals surface area contributed by atoms with Crippen LogP contribution >= 0.6 is 0 Å². The molecule has 0 heterocycles. The molecule has 0 aromatic rings. The lowest BCUT2D eigenvalue weighted by atomic mass is 10.1. The lowest BCUT2D eigenvalue weighted by Crippen LogP contribution is -2.39. The third-order valence-corrected chi connectivity index (χ3v) is 2.50. The molecule has 104 valence electrons. The molecule has 1 atom stereocenters. The summed E-state index contributed by atoms with van der Waals surface area (Å²) in [6, 6.07) is -0.337. The summed E-state index contributed by atoms with van der Waals surface area (Å²) in [7, 11) is 2.84. The van der Waals surface area contributed by atoms with E-state index in [-0.39, 0.29) is 31.5 Å². The van der Waals surface area contributed by atoms with Gasteiger partial charge in [0.15, 0.2) is 0 Å². The normalized spacial score (nSPS) is 11.5. The van der Waals surface area contributed by atoms with Gasteiger partial charge in [0.1, 0.15) is 0 Å². The van der Waals surface area contributed by atoms with Crippen LogP contribution in [0.15, 0.2) is 0 Å². The van der Waals surface area contributed by atoms with Crippen molar-refractivity contribution in [2.45, 2.75) is 19.8 Å². The first-order chi connectivity index (χ1) is 8.38. The van der Waals surface area contributed by atoms with Crippen molar-refractivity contribution in [2.24, 2.45) is 5.92 Å². The first kappa shape index (κ1) is 16.2. The van der Waals surface area contributed by atoms with E-state index in [2.05, 4.69) is 10.1 Å². The Kier molecular flexibility index (Phi) is 7.50. The molecule has 0 rings (SSSR count). The number of hydrogen-bond donors (Lipinski definition) is 2. The molecule has 0 fully saturated rings. The number of carbonyl (C=O) groups is 3. The molecule has 0 aliphatic rings. The molecule has 7 heteroatoms. The number of nitrogens with zero attached hydrogens (tertiary/aromatic N) is 1. The van der Waals surface area contributed by atoms with Crippen LogP contribution in [0.4, 0.5) is 4.79 Å². The lowest BCUT2D eigenvalue weighted by molar-refractivity contribution is -0.142. The van der Waals surface area contributed by atoms with Crippen LogP contribution in [-0.2, 0) is 14.3 Å². The second-order valence-electron chi connectivity index (χ2n) is 4.01. The van der Waals surface area contributed by atoms with Crippen molar-refractivity contribution in [3.8, 4) is 0 Å². The van der Waals surface area contributed by atoms with Gasteiger partial charge in [0, 0.05) is 20.1 Å². The quantitative estimate of drug-likeness (QED) is 0.642. The second-order valence-corrected chi connectivity index (χ2v) is 4.01. The van der Waals surface area contributed by atoms with E-state index in [4.69, 9.17) is 5.11 Å². The van der Waals surface area contributed by atoms with Crippen LogP contribution in [0.5, 0.6) is 0 Å². The van der Waals surface area contributed by atoms with Gasteiger partial charge in [-0.15, -0.1) is 0 Å². The van der Waals surface area contributed by atoms with E-state index < -0.39 is 11.9 Å². The molecule has 0 radical (unpaired) electrons. The van der Waals surface area contributed by atoms with Gasteiger partial charge in [0.05, 0.1) is 19.4 Å². The first-order valence-corrected chi connectivity index (χ1v) is 5.67. The molecular formula is C11H20N2O5. The van der Waals surface area contributed by atoms with Gasteiger partial charge in [-0.25, -0.2) is 4.79 Å². The third kappa shape index (κ3) is 6.72. The Hall–Kier alpha value is -1.79. The highest BCUT2D eigenvalue weighted by molar-refractivity contribution is 5.75. The fourth-order valence-electron chi connectivity index (χ4n) is 1.12. The Bertz CT molecular complexity index is 306. The number of carbonyl (C=O) groups excluding carboxylic acids is 2. The summed E-state index contributed by atoms with van der Waals surface area (Å²) in [5.74, 6) is -1.76. The molecular weight excluding hydrogens is 240 g/mol. The fraction of sp³-hybridized carbons (Fsp3) is 0.727. The number of ether oxygens (including phenoxy) is 1. The number of hydrogen-bond acceptors (Lipinski definition) is 4. The number of aliphatic carboxylic acids is 1. The molecule has 0 spiro atoms. The van der Waals surface area contributed by atoms with Crippen molar-refractivity contribution in [1.29, 1.82) is 0 Å². The summed E-state index contributed by atoms with van der Waals surface area (Å²) in [6.45, 7) is 2.12. The van der Waals surface area contributed by atoms with Crippen LogP contribution < -0.4 is 5.32 Å². The average molecular weight is 260 g/mol. The number of urea groups is 1. The fourth-order valence-corrected chi connectivity index (χ4v) is 1.12. The molecule has 1 unspecified atom stereocenters. The van der Waals surface area contributed by atoms with Gasteiger partial charge in [0.2, 0.25) is 0 Å². The van der Waals surface area contributed by atoms with Gasteiger partial charge in [0.25, 0.3) is 0 Å². The summed E-state index contributed by atoms with van der Waals surface area (Å²) in [5.41, 5.74) is 0. The van der Waals surface area contributed by atoms with E-state index in [0.717, 1.165) is 0 Å².